The number of hydrogen-bond acceptors (Lipinski definition) is 4. The fourth-order valence-electron chi connectivity index (χ4n) is 4.23. The van der Waals surface area contributed by atoms with Gasteiger partial charge in [-0.2, -0.15) is 10.5 Å². The van der Waals surface area contributed by atoms with Crippen molar-refractivity contribution in [1.29, 1.82) is 10.5 Å². The van der Waals surface area contributed by atoms with Crippen LogP contribution < -0.4 is 9.80 Å². The molecule has 1 unspecified atom stereocenters. The average Bonchev–Trinajstić information content (AvgIpc) is 2.93. The molecule has 0 saturated carbocycles. The fourth-order valence-corrected chi connectivity index (χ4v) is 4.23. The molecule has 0 amide bonds. The maximum atomic E-state index is 8.88. The van der Waals surface area contributed by atoms with Crippen molar-refractivity contribution in [1.82, 2.24) is 0 Å². The smallest absolute Gasteiger partial charge is 0.0640 e. The molecule has 1 aliphatic rings. The first-order chi connectivity index (χ1) is 14.0. The number of fused-ring (bicyclic) bond motifs is 1. The molecule has 0 radical (unpaired) electrons. The molecular formula is C25H28N4. The van der Waals surface area contributed by atoms with Crippen molar-refractivity contribution in [3.8, 4) is 12.1 Å². The van der Waals surface area contributed by atoms with Crippen LogP contribution in [0.25, 0.3) is 6.08 Å². The lowest BCUT2D eigenvalue weighted by Gasteiger charge is -2.29. The standard InChI is InChI=1S/C25H28N4/c1-25(2)22-8-4-5-9-23(22)28(3)24(25)15-12-20-10-13-21(14-11-20)29(18-6-16-26)19-7-17-27/h4-5,8-15,24H,6-7,18-19H2,1-3H3/b15-12+. The Kier molecular flexibility index (Phi) is 6.25. The van der Waals surface area contributed by atoms with Crippen LogP contribution >= 0.6 is 0 Å². The van der Waals surface area contributed by atoms with Crippen molar-refractivity contribution in [2.24, 2.45) is 0 Å². The van der Waals surface area contributed by atoms with Crippen LogP contribution in [0.1, 0.15) is 37.8 Å². The third kappa shape index (κ3) is 4.28. The summed E-state index contributed by atoms with van der Waals surface area (Å²) in [6.45, 7) is 5.89. The second-order valence-corrected chi connectivity index (χ2v) is 8.05. The molecule has 0 bridgehead atoms. The minimum absolute atomic E-state index is 0.0488. The van der Waals surface area contributed by atoms with Crippen molar-refractivity contribution in [3.63, 3.8) is 0 Å². The van der Waals surface area contributed by atoms with Gasteiger partial charge in [0.25, 0.3) is 0 Å². The van der Waals surface area contributed by atoms with Gasteiger partial charge in [-0.15, -0.1) is 0 Å². The Labute approximate surface area is 174 Å². The molecule has 0 aliphatic carbocycles. The Balaban J connectivity index is 1.75. The first kappa shape index (κ1) is 20.5. The molecule has 0 aromatic heterocycles. The highest BCUT2D eigenvalue weighted by molar-refractivity contribution is 5.66. The van der Waals surface area contributed by atoms with Gasteiger partial charge in [-0.1, -0.05) is 56.3 Å². The lowest BCUT2D eigenvalue weighted by Crippen LogP contribution is -2.37. The van der Waals surface area contributed by atoms with Crippen molar-refractivity contribution in [2.45, 2.75) is 38.1 Å². The van der Waals surface area contributed by atoms with Crippen molar-refractivity contribution >= 4 is 17.5 Å². The van der Waals surface area contributed by atoms with E-state index in [1.165, 1.54) is 11.3 Å². The van der Waals surface area contributed by atoms with Crippen LogP contribution in [0.2, 0.25) is 0 Å². The highest BCUT2D eigenvalue weighted by Gasteiger charge is 2.41. The topological polar surface area (TPSA) is 54.1 Å². The molecule has 4 heteroatoms. The van der Waals surface area contributed by atoms with E-state index in [1.807, 2.05) is 0 Å². The van der Waals surface area contributed by atoms with Gasteiger partial charge in [0.1, 0.15) is 0 Å². The minimum Gasteiger partial charge on any atom is -0.369 e. The van der Waals surface area contributed by atoms with E-state index in [4.69, 9.17) is 10.5 Å². The molecule has 29 heavy (non-hydrogen) atoms. The number of para-hydroxylation sites is 1. The zero-order valence-corrected chi connectivity index (χ0v) is 17.5. The number of rotatable bonds is 7. The van der Waals surface area contributed by atoms with Crippen LogP contribution in [0.4, 0.5) is 11.4 Å². The van der Waals surface area contributed by atoms with E-state index < -0.39 is 0 Å². The van der Waals surface area contributed by atoms with Gasteiger partial charge in [0.15, 0.2) is 0 Å². The second kappa shape index (κ2) is 8.84. The fraction of sp³-hybridized carbons (Fsp3) is 0.360. The largest absolute Gasteiger partial charge is 0.369 e. The van der Waals surface area contributed by atoms with Crippen molar-refractivity contribution in [2.75, 3.05) is 29.9 Å². The molecule has 0 saturated heterocycles. The monoisotopic (exact) mass is 384 g/mol. The number of hydrogen-bond donors (Lipinski definition) is 0. The minimum atomic E-state index is 0.0488. The molecule has 1 heterocycles. The lowest BCUT2D eigenvalue weighted by molar-refractivity contribution is 0.489. The van der Waals surface area contributed by atoms with Crippen LogP contribution in [0, 0.1) is 22.7 Å². The average molecular weight is 385 g/mol. The molecule has 0 N–H and O–H groups in total. The summed E-state index contributed by atoms with van der Waals surface area (Å²) < 4.78 is 0. The Bertz CT molecular complexity index is 926. The van der Waals surface area contributed by atoms with Gasteiger partial charge in [-0.3, -0.25) is 0 Å². The molecular weight excluding hydrogens is 356 g/mol. The number of likely N-dealkylation sites (N-methyl/N-ethyl adjacent to an activating group) is 1. The van der Waals surface area contributed by atoms with E-state index in [9.17, 15) is 0 Å². The van der Waals surface area contributed by atoms with Crippen molar-refractivity contribution < 1.29 is 0 Å². The first-order valence-electron chi connectivity index (χ1n) is 10.1. The van der Waals surface area contributed by atoms with Crippen LogP contribution in [-0.2, 0) is 5.41 Å². The van der Waals surface area contributed by atoms with E-state index in [1.54, 1.807) is 0 Å². The first-order valence-corrected chi connectivity index (χ1v) is 10.1. The summed E-state index contributed by atoms with van der Waals surface area (Å²) in [7, 11) is 2.16. The molecule has 3 rings (SSSR count). The predicted molar refractivity (Wildman–Crippen MR) is 120 cm³/mol. The number of nitrogens with zero attached hydrogens (tertiary/aromatic N) is 4. The third-order valence-electron chi connectivity index (χ3n) is 5.85. The Morgan fingerprint density at radius 3 is 2.21 bits per heavy atom. The Morgan fingerprint density at radius 2 is 1.62 bits per heavy atom. The van der Waals surface area contributed by atoms with Crippen LogP contribution in [0.3, 0.4) is 0 Å². The van der Waals surface area contributed by atoms with E-state index in [0.717, 1.165) is 11.3 Å². The van der Waals surface area contributed by atoms with Crippen LogP contribution in [-0.4, -0.2) is 26.2 Å². The summed E-state index contributed by atoms with van der Waals surface area (Å²) >= 11 is 0. The summed E-state index contributed by atoms with van der Waals surface area (Å²) in [5.41, 5.74) is 4.94. The van der Waals surface area contributed by atoms with Gasteiger partial charge < -0.3 is 9.80 Å². The highest BCUT2D eigenvalue weighted by Crippen LogP contribution is 2.44. The zero-order chi connectivity index (χ0) is 20.9. The zero-order valence-electron chi connectivity index (χ0n) is 17.5. The molecule has 0 fully saturated rings. The van der Waals surface area contributed by atoms with Crippen molar-refractivity contribution in [3.05, 3.63) is 65.7 Å². The van der Waals surface area contributed by atoms with Gasteiger partial charge in [0.05, 0.1) is 31.0 Å². The number of benzene rings is 2. The van der Waals surface area contributed by atoms with E-state index in [0.29, 0.717) is 32.0 Å². The SMILES string of the molecule is CN1c2ccccc2C(C)(C)C1/C=C/c1ccc(N(CCC#N)CCC#N)cc1. The molecule has 1 atom stereocenters. The molecule has 148 valence electrons. The summed E-state index contributed by atoms with van der Waals surface area (Å²) in [6, 6.07) is 21.7. The molecule has 2 aromatic rings. The maximum absolute atomic E-state index is 8.88. The molecule has 4 nitrogen and oxygen atoms in total. The van der Waals surface area contributed by atoms with Gasteiger partial charge in [-0.05, 0) is 29.3 Å². The normalized spacial score (nSPS) is 17.0. The number of anilines is 2. The lowest BCUT2D eigenvalue weighted by atomic mass is 9.80. The Hall–Kier alpha value is -3.24. The number of nitriles is 2. The quantitative estimate of drug-likeness (QED) is 0.664. The van der Waals surface area contributed by atoms with E-state index in [-0.39, 0.29) is 5.41 Å². The summed E-state index contributed by atoms with van der Waals surface area (Å²) in [5.74, 6) is 0. The molecule has 1 aliphatic heterocycles. The summed E-state index contributed by atoms with van der Waals surface area (Å²) in [5, 5.41) is 17.8. The second-order valence-electron chi connectivity index (χ2n) is 8.05. The Morgan fingerprint density at radius 1 is 1.00 bits per heavy atom. The van der Waals surface area contributed by atoms with Crippen LogP contribution in [0.5, 0.6) is 0 Å². The van der Waals surface area contributed by atoms with Gasteiger partial charge in [0, 0.05) is 36.9 Å². The van der Waals surface area contributed by atoms with Gasteiger partial charge in [0.2, 0.25) is 0 Å². The maximum Gasteiger partial charge on any atom is 0.0640 e. The van der Waals surface area contributed by atoms with E-state index >= 15 is 0 Å². The highest BCUT2D eigenvalue weighted by atomic mass is 15.2. The summed E-state index contributed by atoms with van der Waals surface area (Å²) in [6.07, 6.45) is 5.39. The predicted octanol–water partition coefficient (Wildman–Crippen LogP) is 5.13. The van der Waals surface area contributed by atoms with Gasteiger partial charge >= 0.3 is 0 Å². The van der Waals surface area contributed by atoms with E-state index in [2.05, 4.69) is 104 Å². The van der Waals surface area contributed by atoms with Gasteiger partial charge in [-0.25, -0.2) is 0 Å². The summed E-state index contributed by atoms with van der Waals surface area (Å²) in [4.78, 5) is 4.45. The molecule has 2 aromatic carbocycles. The third-order valence-corrected chi connectivity index (χ3v) is 5.85. The molecule has 0 spiro atoms. The van der Waals surface area contributed by atoms with Crippen LogP contribution in [0.15, 0.2) is 54.6 Å².